The van der Waals surface area contributed by atoms with Gasteiger partial charge in [0, 0.05) is 17.0 Å². The summed E-state index contributed by atoms with van der Waals surface area (Å²) in [4.78, 5) is 24.0. The zero-order valence-electron chi connectivity index (χ0n) is 15.9. The van der Waals surface area contributed by atoms with Crippen LogP contribution in [0.2, 0.25) is 5.02 Å². The van der Waals surface area contributed by atoms with Crippen molar-refractivity contribution >= 4 is 39.2 Å². The number of nitrogens with one attached hydrogen (secondary N) is 4. The molecule has 0 spiro atoms. The minimum absolute atomic E-state index is 0.174. The summed E-state index contributed by atoms with van der Waals surface area (Å²) in [6.07, 6.45) is 2.24. The van der Waals surface area contributed by atoms with Gasteiger partial charge in [0.15, 0.2) is 0 Å². The van der Waals surface area contributed by atoms with Crippen LogP contribution in [0.15, 0.2) is 47.3 Å². The Balaban J connectivity index is 1.66. The lowest BCUT2D eigenvalue weighted by Gasteiger charge is -2.24. The Bertz CT molecular complexity index is 1210. The third-order valence-electron chi connectivity index (χ3n) is 5.63. The summed E-state index contributed by atoms with van der Waals surface area (Å²) in [6.45, 7) is 2.87. The van der Waals surface area contributed by atoms with E-state index in [0.717, 1.165) is 60.1 Å². The highest BCUT2D eigenvalue weighted by atomic mass is 35.5. The van der Waals surface area contributed by atoms with Crippen molar-refractivity contribution in [1.29, 1.82) is 0 Å². The fourth-order valence-electron chi connectivity index (χ4n) is 4.08. The molecule has 6 nitrogen and oxygen atoms in total. The molecular formula is C22H22ClN5O. The maximum atomic E-state index is 13.1. The molecule has 2 aromatic carbocycles. The number of para-hydroxylation sites is 2. The van der Waals surface area contributed by atoms with Crippen molar-refractivity contribution < 1.29 is 0 Å². The quantitative estimate of drug-likeness (QED) is 0.409. The highest BCUT2D eigenvalue weighted by molar-refractivity contribution is 6.31. The minimum Gasteiger partial charge on any atom is -0.383 e. The number of imidazole rings is 1. The average molecular weight is 408 g/mol. The minimum atomic E-state index is -0.174. The molecule has 0 bridgehead atoms. The molecule has 4 aromatic rings. The number of nitrogens with zero attached hydrogens (tertiary/aromatic N) is 1. The predicted molar refractivity (Wildman–Crippen MR) is 119 cm³/mol. The highest BCUT2D eigenvalue weighted by Gasteiger charge is 2.20. The Morgan fingerprint density at radius 2 is 1.90 bits per heavy atom. The molecule has 0 aliphatic carbocycles. The lowest BCUT2D eigenvalue weighted by Crippen LogP contribution is -2.31. The van der Waals surface area contributed by atoms with Crippen LogP contribution in [-0.2, 0) is 0 Å². The first-order chi connectivity index (χ1) is 14.2. The number of rotatable bonds is 4. The van der Waals surface area contributed by atoms with Gasteiger partial charge in [0.05, 0.1) is 22.2 Å². The predicted octanol–water partition coefficient (Wildman–Crippen LogP) is 4.14. The second kappa shape index (κ2) is 7.54. The fourth-order valence-corrected chi connectivity index (χ4v) is 4.25. The number of pyridine rings is 1. The summed E-state index contributed by atoms with van der Waals surface area (Å²) in [5.41, 5.74) is 3.61. The van der Waals surface area contributed by atoms with Gasteiger partial charge in [-0.3, -0.25) is 4.79 Å². The van der Waals surface area contributed by atoms with Crippen LogP contribution in [0.5, 0.6) is 0 Å². The Hall–Kier alpha value is -2.83. The first kappa shape index (κ1) is 18.2. The maximum Gasteiger partial charge on any atom is 0.261 e. The van der Waals surface area contributed by atoms with Gasteiger partial charge in [0.1, 0.15) is 11.4 Å². The van der Waals surface area contributed by atoms with Crippen LogP contribution >= 0.6 is 11.6 Å². The standard InChI is InChI=1S/C22H22ClN5O/c23-14-5-6-16-15(11-14)20(25-12-13-7-9-24-10-8-13)19(22(29)28-16)21-26-17-3-1-2-4-18(17)27-21/h1-6,11,13,24H,7-10,12H2,(H,26,27)(H2,25,28,29). The zero-order valence-corrected chi connectivity index (χ0v) is 16.6. The van der Waals surface area contributed by atoms with E-state index < -0.39 is 0 Å². The van der Waals surface area contributed by atoms with Crippen LogP contribution in [0.3, 0.4) is 0 Å². The van der Waals surface area contributed by atoms with Gasteiger partial charge in [-0.25, -0.2) is 4.98 Å². The summed E-state index contributed by atoms with van der Waals surface area (Å²) >= 11 is 6.29. The normalized spacial score (nSPS) is 15.2. The second-order valence-corrected chi connectivity index (χ2v) is 8.01. The Morgan fingerprint density at radius 1 is 1.07 bits per heavy atom. The summed E-state index contributed by atoms with van der Waals surface area (Å²) in [5, 5.41) is 8.49. The summed E-state index contributed by atoms with van der Waals surface area (Å²) in [6, 6.07) is 13.3. The number of anilines is 1. The smallest absolute Gasteiger partial charge is 0.261 e. The highest BCUT2D eigenvalue weighted by Crippen LogP contribution is 2.32. The first-order valence-corrected chi connectivity index (χ1v) is 10.3. The van der Waals surface area contributed by atoms with E-state index in [-0.39, 0.29) is 5.56 Å². The Labute approximate surface area is 172 Å². The van der Waals surface area contributed by atoms with Crippen LogP contribution < -0.4 is 16.2 Å². The number of aromatic nitrogens is 3. The molecule has 7 heteroatoms. The van der Waals surface area contributed by atoms with Crippen molar-refractivity contribution in [3.63, 3.8) is 0 Å². The van der Waals surface area contributed by atoms with Crippen molar-refractivity contribution in [2.75, 3.05) is 25.0 Å². The molecule has 1 fully saturated rings. The van der Waals surface area contributed by atoms with Gasteiger partial charge in [-0.1, -0.05) is 23.7 Å². The van der Waals surface area contributed by atoms with Crippen LogP contribution in [-0.4, -0.2) is 34.6 Å². The number of fused-ring (bicyclic) bond motifs is 2. The van der Waals surface area contributed by atoms with Crippen LogP contribution in [0.1, 0.15) is 12.8 Å². The molecule has 1 aliphatic rings. The molecular weight excluding hydrogens is 386 g/mol. The molecule has 0 saturated carbocycles. The van der Waals surface area contributed by atoms with E-state index in [1.807, 2.05) is 36.4 Å². The lowest BCUT2D eigenvalue weighted by molar-refractivity contribution is 0.390. The van der Waals surface area contributed by atoms with Gasteiger partial charge in [-0.15, -0.1) is 0 Å². The maximum absolute atomic E-state index is 13.1. The molecule has 1 aliphatic heterocycles. The van der Waals surface area contributed by atoms with Crippen molar-refractivity contribution in [2.24, 2.45) is 5.92 Å². The molecule has 2 aromatic heterocycles. The molecule has 0 unspecified atom stereocenters. The van der Waals surface area contributed by atoms with Crippen LogP contribution in [0, 0.1) is 5.92 Å². The van der Waals surface area contributed by atoms with E-state index >= 15 is 0 Å². The molecule has 0 amide bonds. The third kappa shape index (κ3) is 3.50. The van der Waals surface area contributed by atoms with Crippen molar-refractivity contribution in [1.82, 2.24) is 20.3 Å². The van der Waals surface area contributed by atoms with Crippen molar-refractivity contribution in [2.45, 2.75) is 12.8 Å². The van der Waals surface area contributed by atoms with Crippen LogP contribution in [0.4, 0.5) is 5.69 Å². The number of piperidine rings is 1. The number of halogens is 1. The molecule has 5 rings (SSSR count). The van der Waals surface area contributed by atoms with Gasteiger partial charge < -0.3 is 20.6 Å². The van der Waals surface area contributed by atoms with Crippen molar-refractivity contribution in [3.8, 4) is 11.4 Å². The van der Waals surface area contributed by atoms with Gasteiger partial charge in [0.2, 0.25) is 0 Å². The van der Waals surface area contributed by atoms with Gasteiger partial charge in [0.25, 0.3) is 5.56 Å². The SMILES string of the molecule is O=c1[nH]c2ccc(Cl)cc2c(NCC2CCNCC2)c1-c1nc2ccccc2[nH]1. The van der Waals surface area contributed by atoms with Crippen LogP contribution in [0.25, 0.3) is 33.3 Å². The first-order valence-electron chi connectivity index (χ1n) is 9.94. The van der Waals surface area contributed by atoms with Crippen molar-refractivity contribution in [3.05, 3.63) is 57.8 Å². The molecule has 4 N–H and O–H groups in total. The zero-order chi connectivity index (χ0) is 19.8. The second-order valence-electron chi connectivity index (χ2n) is 7.57. The Kier molecular flexibility index (Phi) is 4.73. The molecule has 0 atom stereocenters. The monoisotopic (exact) mass is 407 g/mol. The molecule has 0 radical (unpaired) electrons. The largest absolute Gasteiger partial charge is 0.383 e. The number of H-pyrrole nitrogens is 2. The number of hydrogen-bond acceptors (Lipinski definition) is 4. The van der Waals surface area contributed by atoms with E-state index in [1.165, 1.54) is 0 Å². The van der Waals surface area contributed by atoms with Gasteiger partial charge in [-0.2, -0.15) is 0 Å². The fraction of sp³-hybridized carbons (Fsp3) is 0.273. The van der Waals surface area contributed by atoms with Gasteiger partial charge in [-0.05, 0) is 62.2 Å². The summed E-state index contributed by atoms with van der Waals surface area (Å²) in [5.74, 6) is 1.12. The lowest BCUT2D eigenvalue weighted by atomic mass is 9.97. The van der Waals surface area contributed by atoms with Gasteiger partial charge >= 0.3 is 0 Å². The molecule has 148 valence electrons. The van der Waals surface area contributed by atoms with E-state index in [2.05, 4.69) is 25.6 Å². The number of benzene rings is 2. The summed E-state index contributed by atoms with van der Waals surface area (Å²) < 4.78 is 0. The number of hydrogen-bond donors (Lipinski definition) is 4. The average Bonchev–Trinajstić information content (AvgIpc) is 3.16. The Morgan fingerprint density at radius 3 is 2.72 bits per heavy atom. The third-order valence-corrected chi connectivity index (χ3v) is 5.86. The molecule has 29 heavy (non-hydrogen) atoms. The molecule has 1 saturated heterocycles. The van der Waals surface area contributed by atoms with E-state index in [0.29, 0.717) is 22.3 Å². The summed E-state index contributed by atoms with van der Waals surface area (Å²) in [7, 11) is 0. The topological polar surface area (TPSA) is 85.6 Å². The number of aromatic amines is 2. The van der Waals surface area contributed by atoms with E-state index in [4.69, 9.17) is 11.6 Å². The van der Waals surface area contributed by atoms with E-state index in [9.17, 15) is 4.79 Å². The molecule has 3 heterocycles. The van der Waals surface area contributed by atoms with E-state index in [1.54, 1.807) is 6.07 Å².